The van der Waals surface area contributed by atoms with E-state index in [1.807, 2.05) is 6.92 Å². The molecule has 4 nitrogen and oxygen atoms in total. The molecule has 0 heterocycles. The Bertz CT molecular complexity index is 478. The zero-order valence-corrected chi connectivity index (χ0v) is 12.3. The molecular weight excluding hydrogens is 278 g/mol. The number of ether oxygens (including phenoxy) is 1. The molecule has 1 saturated carbocycles. The number of aliphatic hydroxyl groups excluding tert-OH is 1. The first-order valence-corrected chi connectivity index (χ1v) is 7.38. The van der Waals surface area contributed by atoms with E-state index >= 15 is 0 Å². The molecule has 1 aliphatic carbocycles. The number of halogens is 1. The lowest BCUT2D eigenvalue weighted by molar-refractivity contribution is 0.0913. The first-order valence-electron chi connectivity index (χ1n) is 7.00. The number of carbonyl (C=O) groups excluding carboxylic acids is 1. The fourth-order valence-corrected chi connectivity index (χ4v) is 2.70. The van der Waals surface area contributed by atoms with Crippen molar-refractivity contribution in [2.75, 3.05) is 13.2 Å². The minimum atomic E-state index is -0.299. The molecule has 0 saturated heterocycles. The standard InChI is InChI=1S/C15H20ClNO3/c1-2-20-14-8-11(16)6-7-12(14)15(19)17-9-10-4-3-5-13(10)18/h6-8,10,13,18H,2-5,9H2,1H3,(H,17,19). The third-order valence-corrected chi connectivity index (χ3v) is 3.87. The predicted molar refractivity (Wildman–Crippen MR) is 78.3 cm³/mol. The van der Waals surface area contributed by atoms with E-state index in [1.54, 1.807) is 18.2 Å². The van der Waals surface area contributed by atoms with Gasteiger partial charge >= 0.3 is 0 Å². The Balaban J connectivity index is 2.01. The maximum absolute atomic E-state index is 12.2. The largest absolute Gasteiger partial charge is 0.493 e. The molecule has 0 bridgehead atoms. The van der Waals surface area contributed by atoms with Crippen LogP contribution in [0, 0.1) is 5.92 Å². The number of carbonyl (C=O) groups is 1. The van der Waals surface area contributed by atoms with Gasteiger partial charge in [-0.1, -0.05) is 18.0 Å². The van der Waals surface area contributed by atoms with Gasteiger partial charge in [-0.2, -0.15) is 0 Å². The maximum atomic E-state index is 12.2. The molecular formula is C15H20ClNO3. The van der Waals surface area contributed by atoms with Gasteiger partial charge in [-0.15, -0.1) is 0 Å². The van der Waals surface area contributed by atoms with Gasteiger partial charge in [-0.05, 0) is 38.0 Å². The molecule has 0 aliphatic heterocycles. The summed E-state index contributed by atoms with van der Waals surface area (Å²) >= 11 is 5.91. The summed E-state index contributed by atoms with van der Waals surface area (Å²) in [5.41, 5.74) is 0.476. The molecule has 1 amide bonds. The van der Waals surface area contributed by atoms with Gasteiger partial charge < -0.3 is 15.2 Å². The van der Waals surface area contributed by atoms with Crippen molar-refractivity contribution in [1.29, 1.82) is 0 Å². The highest BCUT2D eigenvalue weighted by molar-refractivity contribution is 6.30. The summed E-state index contributed by atoms with van der Waals surface area (Å²) in [6.45, 7) is 2.83. The molecule has 1 aliphatic rings. The van der Waals surface area contributed by atoms with Crippen LogP contribution in [-0.4, -0.2) is 30.3 Å². The van der Waals surface area contributed by atoms with Gasteiger partial charge in [0.25, 0.3) is 5.91 Å². The van der Waals surface area contributed by atoms with E-state index in [4.69, 9.17) is 16.3 Å². The first kappa shape index (κ1) is 15.1. The molecule has 2 unspecified atom stereocenters. The number of hydrogen-bond acceptors (Lipinski definition) is 3. The summed E-state index contributed by atoms with van der Waals surface area (Å²) in [5, 5.41) is 13.2. The number of hydrogen-bond donors (Lipinski definition) is 2. The summed E-state index contributed by atoms with van der Waals surface area (Å²) in [6.07, 6.45) is 2.51. The minimum Gasteiger partial charge on any atom is -0.493 e. The lowest BCUT2D eigenvalue weighted by Gasteiger charge is -2.16. The zero-order valence-electron chi connectivity index (χ0n) is 11.6. The molecule has 2 atom stereocenters. The summed E-state index contributed by atoms with van der Waals surface area (Å²) in [5.74, 6) is 0.454. The fraction of sp³-hybridized carbons (Fsp3) is 0.533. The average Bonchev–Trinajstić information content (AvgIpc) is 2.82. The van der Waals surface area contributed by atoms with Gasteiger partial charge in [-0.3, -0.25) is 4.79 Å². The van der Waals surface area contributed by atoms with Crippen LogP contribution in [0.2, 0.25) is 5.02 Å². The number of nitrogens with one attached hydrogen (secondary N) is 1. The van der Waals surface area contributed by atoms with E-state index in [0.717, 1.165) is 19.3 Å². The lowest BCUT2D eigenvalue weighted by atomic mass is 10.1. The van der Waals surface area contributed by atoms with Crippen molar-refractivity contribution in [2.24, 2.45) is 5.92 Å². The third kappa shape index (κ3) is 3.64. The van der Waals surface area contributed by atoms with Gasteiger partial charge in [-0.25, -0.2) is 0 Å². The fourth-order valence-electron chi connectivity index (χ4n) is 2.53. The number of aliphatic hydroxyl groups is 1. The Morgan fingerprint density at radius 1 is 1.50 bits per heavy atom. The van der Waals surface area contributed by atoms with Crippen LogP contribution >= 0.6 is 11.6 Å². The van der Waals surface area contributed by atoms with Gasteiger partial charge in [0.15, 0.2) is 0 Å². The van der Waals surface area contributed by atoms with E-state index in [1.165, 1.54) is 0 Å². The Morgan fingerprint density at radius 2 is 2.30 bits per heavy atom. The van der Waals surface area contributed by atoms with E-state index in [0.29, 0.717) is 29.5 Å². The third-order valence-electron chi connectivity index (χ3n) is 3.63. The zero-order chi connectivity index (χ0) is 14.5. The second kappa shape index (κ2) is 6.95. The van der Waals surface area contributed by atoms with Crippen molar-refractivity contribution in [3.8, 4) is 5.75 Å². The van der Waals surface area contributed by atoms with Crippen LogP contribution in [0.15, 0.2) is 18.2 Å². The van der Waals surface area contributed by atoms with Crippen molar-refractivity contribution in [1.82, 2.24) is 5.32 Å². The quantitative estimate of drug-likeness (QED) is 0.878. The highest BCUT2D eigenvalue weighted by Crippen LogP contribution is 2.26. The number of rotatable bonds is 5. The normalized spacial score (nSPS) is 21.8. The summed E-state index contributed by atoms with van der Waals surface area (Å²) < 4.78 is 5.44. The summed E-state index contributed by atoms with van der Waals surface area (Å²) in [4.78, 5) is 12.2. The molecule has 20 heavy (non-hydrogen) atoms. The van der Waals surface area contributed by atoms with Crippen LogP contribution in [0.4, 0.5) is 0 Å². The molecule has 1 aromatic rings. The Hall–Kier alpha value is -1.26. The summed E-state index contributed by atoms with van der Waals surface area (Å²) in [7, 11) is 0. The topological polar surface area (TPSA) is 58.6 Å². The van der Waals surface area contributed by atoms with Crippen molar-refractivity contribution < 1.29 is 14.6 Å². The molecule has 0 aromatic heterocycles. The Morgan fingerprint density at radius 3 is 2.95 bits per heavy atom. The van der Waals surface area contributed by atoms with Crippen molar-refractivity contribution in [3.63, 3.8) is 0 Å². The van der Waals surface area contributed by atoms with E-state index < -0.39 is 0 Å². The number of benzene rings is 1. The second-order valence-electron chi connectivity index (χ2n) is 5.04. The smallest absolute Gasteiger partial charge is 0.255 e. The Labute approximate surface area is 124 Å². The van der Waals surface area contributed by atoms with E-state index in [9.17, 15) is 9.90 Å². The van der Waals surface area contributed by atoms with Crippen molar-refractivity contribution in [3.05, 3.63) is 28.8 Å². The van der Waals surface area contributed by atoms with Gasteiger partial charge in [0.2, 0.25) is 0 Å². The second-order valence-corrected chi connectivity index (χ2v) is 5.48. The molecule has 0 spiro atoms. The monoisotopic (exact) mass is 297 g/mol. The Kier molecular flexibility index (Phi) is 5.26. The molecule has 2 rings (SSSR count). The van der Waals surface area contributed by atoms with Crippen LogP contribution in [0.25, 0.3) is 0 Å². The first-order chi connectivity index (χ1) is 9.61. The maximum Gasteiger partial charge on any atom is 0.255 e. The SMILES string of the molecule is CCOc1cc(Cl)ccc1C(=O)NCC1CCCC1O. The molecule has 110 valence electrons. The van der Waals surface area contributed by atoms with E-state index in [-0.39, 0.29) is 17.9 Å². The van der Waals surface area contributed by atoms with Crippen LogP contribution in [0.5, 0.6) is 5.75 Å². The molecule has 5 heteroatoms. The highest BCUT2D eigenvalue weighted by atomic mass is 35.5. The molecule has 1 fully saturated rings. The van der Waals surface area contributed by atoms with Crippen LogP contribution in [0.3, 0.4) is 0 Å². The van der Waals surface area contributed by atoms with Crippen LogP contribution < -0.4 is 10.1 Å². The van der Waals surface area contributed by atoms with Crippen molar-refractivity contribution >= 4 is 17.5 Å². The van der Waals surface area contributed by atoms with Gasteiger partial charge in [0.1, 0.15) is 5.75 Å². The average molecular weight is 298 g/mol. The number of amides is 1. The highest BCUT2D eigenvalue weighted by Gasteiger charge is 2.25. The summed E-state index contributed by atoms with van der Waals surface area (Å²) in [6, 6.07) is 4.97. The molecule has 2 N–H and O–H groups in total. The van der Waals surface area contributed by atoms with Gasteiger partial charge in [0.05, 0.1) is 18.3 Å². The molecule has 1 aromatic carbocycles. The molecule has 0 radical (unpaired) electrons. The van der Waals surface area contributed by atoms with Crippen molar-refractivity contribution in [2.45, 2.75) is 32.3 Å². The van der Waals surface area contributed by atoms with Gasteiger partial charge in [0, 0.05) is 17.5 Å². The van der Waals surface area contributed by atoms with E-state index in [2.05, 4.69) is 5.32 Å². The van der Waals surface area contributed by atoms with Crippen LogP contribution in [-0.2, 0) is 0 Å². The van der Waals surface area contributed by atoms with Crippen LogP contribution in [0.1, 0.15) is 36.5 Å². The predicted octanol–water partition coefficient (Wildman–Crippen LogP) is 2.63. The minimum absolute atomic E-state index is 0.154. The lowest BCUT2D eigenvalue weighted by Crippen LogP contribution is -2.32.